The fourth-order valence-electron chi connectivity index (χ4n) is 5.69. The van der Waals surface area contributed by atoms with Crippen molar-refractivity contribution in [2.75, 3.05) is 20.2 Å². The molecule has 6 atom stereocenters. The van der Waals surface area contributed by atoms with Crippen molar-refractivity contribution in [3.63, 3.8) is 0 Å². The monoisotopic (exact) mass is 356 g/mol. The fourth-order valence-corrected chi connectivity index (χ4v) is 5.92. The van der Waals surface area contributed by atoms with Crippen LogP contribution in [0.3, 0.4) is 0 Å². The molecule has 2 aromatic rings. The first kappa shape index (κ1) is 15.9. The zero-order chi connectivity index (χ0) is 17.1. The second-order valence-corrected chi connectivity index (χ2v) is 8.50. The van der Waals surface area contributed by atoms with Crippen molar-refractivity contribution in [3.8, 4) is 5.75 Å². The van der Waals surface area contributed by atoms with Crippen LogP contribution in [0.25, 0.3) is 10.9 Å². The van der Waals surface area contributed by atoms with E-state index < -0.39 is 0 Å². The van der Waals surface area contributed by atoms with Crippen LogP contribution < -0.4 is 4.74 Å². The van der Waals surface area contributed by atoms with Crippen molar-refractivity contribution in [3.05, 3.63) is 35.0 Å². The number of halogens is 1. The van der Waals surface area contributed by atoms with Crippen molar-refractivity contribution in [2.45, 2.75) is 32.2 Å². The molecule has 3 nitrogen and oxygen atoms in total. The van der Waals surface area contributed by atoms with Gasteiger partial charge in [-0.25, -0.2) is 4.98 Å². The van der Waals surface area contributed by atoms with Crippen LogP contribution >= 0.6 is 11.6 Å². The average Bonchev–Trinajstić information content (AvgIpc) is 3.36. The van der Waals surface area contributed by atoms with Crippen LogP contribution in [0.15, 0.2) is 24.3 Å². The first-order chi connectivity index (χ1) is 12.2. The van der Waals surface area contributed by atoms with Gasteiger partial charge >= 0.3 is 0 Å². The SMILES string of the molecule is CCC1CN2CC3C(CC2Cc2cc(Cl)nc4ccc(OC)cc24)C13. The summed E-state index contributed by atoms with van der Waals surface area (Å²) in [6.07, 6.45) is 3.76. The number of hydrogen-bond acceptors (Lipinski definition) is 3. The average molecular weight is 357 g/mol. The summed E-state index contributed by atoms with van der Waals surface area (Å²) in [5.74, 6) is 4.80. The lowest BCUT2D eigenvalue weighted by Crippen LogP contribution is -2.45. The molecule has 2 bridgehead atoms. The van der Waals surface area contributed by atoms with Crippen LogP contribution in [0.4, 0.5) is 0 Å². The van der Waals surface area contributed by atoms with E-state index in [4.69, 9.17) is 16.3 Å². The van der Waals surface area contributed by atoms with Crippen LogP contribution in [0, 0.1) is 23.7 Å². The highest BCUT2D eigenvalue weighted by molar-refractivity contribution is 6.29. The predicted molar refractivity (Wildman–Crippen MR) is 101 cm³/mol. The molecule has 2 aliphatic heterocycles. The molecule has 25 heavy (non-hydrogen) atoms. The number of benzene rings is 1. The highest BCUT2D eigenvalue weighted by Gasteiger charge is 2.60. The lowest BCUT2D eigenvalue weighted by atomic mass is 9.92. The minimum absolute atomic E-state index is 0.596. The van der Waals surface area contributed by atoms with Gasteiger partial charge in [-0.15, -0.1) is 0 Å². The summed E-state index contributed by atoms with van der Waals surface area (Å²) in [6, 6.07) is 8.80. The van der Waals surface area contributed by atoms with Gasteiger partial charge in [-0.3, -0.25) is 4.90 Å². The summed E-state index contributed by atoms with van der Waals surface area (Å²) in [5.41, 5.74) is 2.28. The highest BCUT2D eigenvalue weighted by atomic mass is 35.5. The second-order valence-electron chi connectivity index (χ2n) is 8.11. The van der Waals surface area contributed by atoms with E-state index in [1.807, 2.05) is 12.1 Å². The minimum Gasteiger partial charge on any atom is -0.497 e. The van der Waals surface area contributed by atoms with Gasteiger partial charge in [-0.2, -0.15) is 0 Å². The Morgan fingerprint density at radius 2 is 2.12 bits per heavy atom. The van der Waals surface area contributed by atoms with Crippen LogP contribution in [-0.2, 0) is 6.42 Å². The number of fused-ring (bicyclic) bond motifs is 3. The van der Waals surface area contributed by atoms with Gasteiger partial charge in [-0.1, -0.05) is 24.9 Å². The van der Waals surface area contributed by atoms with E-state index in [1.54, 1.807) is 7.11 Å². The predicted octanol–water partition coefficient (Wildman–Crippen LogP) is 4.42. The molecule has 0 amide bonds. The summed E-state index contributed by atoms with van der Waals surface area (Å²) >= 11 is 6.32. The summed E-state index contributed by atoms with van der Waals surface area (Å²) < 4.78 is 5.43. The Balaban J connectivity index is 1.48. The molecule has 4 heteroatoms. The lowest BCUT2D eigenvalue weighted by molar-refractivity contribution is 0.103. The van der Waals surface area contributed by atoms with Crippen LogP contribution in [0.2, 0.25) is 5.15 Å². The molecule has 3 aliphatic rings. The third-order valence-corrected chi connectivity index (χ3v) is 7.16. The van der Waals surface area contributed by atoms with E-state index in [1.165, 1.54) is 36.9 Å². The molecule has 1 aromatic heterocycles. The molecule has 3 heterocycles. The van der Waals surface area contributed by atoms with Crippen molar-refractivity contribution < 1.29 is 4.74 Å². The van der Waals surface area contributed by atoms with E-state index in [0.29, 0.717) is 11.2 Å². The zero-order valence-electron chi connectivity index (χ0n) is 14.9. The number of hydrogen-bond donors (Lipinski definition) is 0. The maximum absolute atomic E-state index is 6.32. The Kier molecular flexibility index (Phi) is 3.72. The third kappa shape index (κ3) is 2.55. The maximum Gasteiger partial charge on any atom is 0.130 e. The number of rotatable bonds is 4. The van der Waals surface area contributed by atoms with Crippen molar-refractivity contribution >= 4 is 22.5 Å². The second kappa shape index (κ2) is 5.85. The molecular weight excluding hydrogens is 332 g/mol. The van der Waals surface area contributed by atoms with Gasteiger partial charge in [0.1, 0.15) is 10.9 Å². The summed E-state index contributed by atoms with van der Waals surface area (Å²) in [6.45, 7) is 4.97. The van der Waals surface area contributed by atoms with Gasteiger partial charge in [0.2, 0.25) is 0 Å². The normalized spacial score (nSPS) is 35.6. The summed E-state index contributed by atoms with van der Waals surface area (Å²) in [7, 11) is 1.72. The Hall–Kier alpha value is -1.32. The van der Waals surface area contributed by atoms with E-state index in [2.05, 4.69) is 28.9 Å². The fraction of sp³-hybridized carbons (Fsp3) is 0.571. The van der Waals surface area contributed by atoms with Crippen molar-refractivity contribution in [1.82, 2.24) is 9.88 Å². The number of piperidine rings is 2. The largest absolute Gasteiger partial charge is 0.497 e. The van der Waals surface area contributed by atoms with Gasteiger partial charge in [-0.05, 0) is 66.3 Å². The van der Waals surface area contributed by atoms with E-state index in [0.717, 1.165) is 41.4 Å². The third-order valence-electron chi connectivity index (χ3n) is 6.97. The Morgan fingerprint density at radius 1 is 1.24 bits per heavy atom. The Morgan fingerprint density at radius 3 is 2.92 bits per heavy atom. The van der Waals surface area contributed by atoms with Gasteiger partial charge in [0.25, 0.3) is 0 Å². The Bertz CT molecular complexity index is 823. The molecule has 132 valence electrons. The molecule has 1 aromatic carbocycles. The zero-order valence-corrected chi connectivity index (χ0v) is 15.7. The standard InChI is InChI=1S/C21H25ClN2O/c1-3-12-10-24-11-18-17(21(12)18)8-14(24)6-13-7-20(22)23-19-5-4-15(25-2)9-16(13)19/h4-5,7,9,12,14,17-18,21H,3,6,8,10-11H2,1-2H3. The first-order valence-corrected chi connectivity index (χ1v) is 9.93. The number of nitrogens with zero attached hydrogens (tertiary/aromatic N) is 2. The molecule has 1 saturated carbocycles. The van der Waals surface area contributed by atoms with E-state index in [-0.39, 0.29) is 0 Å². The van der Waals surface area contributed by atoms with Gasteiger partial charge < -0.3 is 4.74 Å². The molecule has 3 fully saturated rings. The lowest BCUT2D eigenvalue weighted by Gasteiger charge is -2.38. The number of pyridine rings is 1. The molecule has 1 aliphatic carbocycles. The number of ether oxygens (including phenoxy) is 1. The first-order valence-electron chi connectivity index (χ1n) is 9.55. The maximum atomic E-state index is 6.32. The van der Waals surface area contributed by atoms with Gasteiger partial charge in [0.05, 0.1) is 12.6 Å². The topological polar surface area (TPSA) is 25.4 Å². The molecule has 6 unspecified atom stereocenters. The summed E-state index contributed by atoms with van der Waals surface area (Å²) in [4.78, 5) is 7.26. The smallest absolute Gasteiger partial charge is 0.130 e. The van der Waals surface area contributed by atoms with Crippen LogP contribution in [0.5, 0.6) is 5.75 Å². The van der Waals surface area contributed by atoms with Crippen LogP contribution in [0.1, 0.15) is 25.3 Å². The molecule has 0 N–H and O–H groups in total. The molecule has 0 radical (unpaired) electrons. The highest BCUT2D eigenvalue weighted by Crippen LogP contribution is 2.61. The number of methoxy groups -OCH3 is 1. The molecule has 2 saturated heterocycles. The quantitative estimate of drug-likeness (QED) is 0.758. The van der Waals surface area contributed by atoms with Crippen LogP contribution in [-0.4, -0.2) is 36.1 Å². The van der Waals surface area contributed by atoms with E-state index in [9.17, 15) is 0 Å². The van der Waals surface area contributed by atoms with Crippen molar-refractivity contribution in [2.24, 2.45) is 23.7 Å². The van der Waals surface area contributed by atoms with Gasteiger partial charge in [0.15, 0.2) is 0 Å². The molecule has 0 spiro atoms. The van der Waals surface area contributed by atoms with E-state index >= 15 is 0 Å². The van der Waals surface area contributed by atoms with Gasteiger partial charge in [0, 0.05) is 24.5 Å². The molecular formula is C21H25ClN2O. The van der Waals surface area contributed by atoms with Crippen molar-refractivity contribution in [1.29, 1.82) is 0 Å². The minimum atomic E-state index is 0.596. The molecule has 5 rings (SSSR count). The summed E-state index contributed by atoms with van der Waals surface area (Å²) in [5, 5.41) is 1.78. The number of aromatic nitrogens is 1. The Labute approximate surface area is 154 Å².